The van der Waals surface area contributed by atoms with Gasteiger partial charge in [-0.2, -0.15) is 0 Å². The largest absolute Gasteiger partial charge is 0.0616 e. The molecule has 0 aromatic heterocycles. The lowest BCUT2D eigenvalue weighted by atomic mass is 9.91. The predicted octanol–water partition coefficient (Wildman–Crippen LogP) is 6.96. The molecule has 0 atom stereocenters. The maximum atomic E-state index is 2.35. The summed E-state index contributed by atoms with van der Waals surface area (Å²) in [7, 11) is 0. The normalized spacial score (nSPS) is 13.2. The monoisotopic (exact) mass is 342 g/mol. The topological polar surface area (TPSA) is 0 Å². The van der Waals surface area contributed by atoms with Crippen molar-refractivity contribution < 1.29 is 0 Å². The molecule has 0 saturated heterocycles. The van der Waals surface area contributed by atoms with Crippen molar-refractivity contribution in [2.45, 2.75) is 6.92 Å². The van der Waals surface area contributed by atoms with Crippen molar-refractivity contribution in [1.82, 2.24) is 0 Å². The average molecular weight is 342 g/mol. The van der Waals surface area contributed by atoms with Crippen LogP contribution in [-0.4, -0.2) is 0 Å². The number of hydrogen-bond donors (Lipinski definition) is 0. The third-order valence-electron chi connectivity index (χ3n) is 5.86. The number of rotatable bonds is 0. The Bertz CT molecular complexity index is 1220. The van der Waals surface area contributed by atoms with Gasteiger partial charge in [-0.25, -0.2) is 0 Å². The zero-order chi connectivity index (χ0) is 18.0. The van der Waals surface area contributed by atoms with Crippen molar-refractivity contribution in [3.8, 4) is 22.3 Å². The van der Waals surface area contributed by atoms with Crippen LogP contribution in [-0.2, 0) is 0 Å². The lowest BCUT2D eigenvalue weighted by Gasteiger charge is -2.11. The molecule has 2 aliphatic carbocycles. The molecule has 4 aromatic carbocycles. The van der Waals surface area contributed by atoms with E-state index in [1.54, 1.807) is 0 Å². The summed E-state index contributed by atoms with van der Waals surface area (Å²) in [6.07, 6.45) is 0. The van der Waals surface area contributed by atoms with E-state index in [-0.39, 0.29) is 0 Å². The molecule has 0 unspecified atom stereocenters. The van der Waals surface area contributed by atoms with E-state index in [1.807, 2.05) is 0 Å². The fourth-order valence-electron chi connectivity index (χ4n) is 4.74. The maximum Gasteiger partial charge on any atom is -0.00138 e. The minimum Gasteiger partial charge on any atom is -0.0616 e. The first kappa shape index (κ1) is 14.8. The smallest absolute Gasteiger partial charge is 0.00138 e. The molecule has 0 nitrogen and oxygen atoms in total. The molecule has 0 heterocycles. The van der Waals surface area contributed by atoms with E-state index in [9.17, 15) is 0 Å². The SMILES string of the molecule is Cc1ccc2c(c1)C(=C1c3ccccc3-c3ccccc31)c1ccccc1-2. The van der Waals surface area contributed by atoms with E-state index >= 15 is 0 Å². The van der Waals surface area contributed by atoms with E-state index in [4.69, 9.17) is 0 Å². The Morgan fingerprint density at radius 2 is 0.741 bits per heavy atom. The minimum atomic E-state index is 1.30. The molecule has 0 spiro atoms. The average Bonchev–Trinajstić information content (AvgIpc) is 3.20. The highest BCUT2D eigenvalue weighted by Crippen LogP contribution is 2.53. The second-order valence-electron chi connectivity index (χ2n) is 7.44. The quantitative estimate of drug-likeness (QED) is 0.280. The zero-order valence-electron chi connectivity index (χ0n) is 15.2. The molecule has 126 valence electrons. The van der Waals surface area contributed by atoms with Gasteiger partial charge in [-0.15, -0.1) is 0 Å². The van der Waals surface area contributed by atoms with Crippen molar-refractivity contribution in [3.63, 3.8) is 0 Å². The van der Waals surface area contributed by atoms with Crippen LogP contribution in [0.1, 0.15) is 27.8 Å². The lowest BCUT2D eigenvalue weighted by Crippen LogP contribution is -1.91. The first-order chi connectivity index (χ1) is 13.3. The van der Waals surface area contributed by atoms with E-state index in [2.05, 4.69) is 97.9 Å². The molecule has 0 amide bonds. The molecule has 0 N–H and O–H groups in total. The van der Waals surface area contributed by atoms with Gasteiger partial charge in [0, 0.05) is 0 Å². The van der Waals surface area contributed by atoms with Crippen LogP contribution in [0.3, 0.4) is 0 Å². The molecule has 6 rings (SSSR count). The highest BCUT2D eigenvalue weighted by molar-refractivity contribution is 6.18. The third-order valence-corrected chi connectivity index (χ3v) is 5.86. The van der Waals surface area contributed by atoms with Gasteiger partial charge in [0.25, 0.3) is 0 Å². The van der Waals surface area contributed by atoms with Gasteiger partial charge in [0.2, 0.25) is 0 Å². The highest BCUT2D eigenvalue weighted by atomic mass is 14.3. The van der Waals surface area contributed by atoms with Gasteiger partial charge in [-0.1, -0.05) is 96.6 Å². The fourth-order valence-corrected chi connectivity index (χ4v) is 4.74. The Morgan fingerprint density at radius 1 is 0.370 bits per heavy atom. The summed E-state index contributed by atoms with van der Waals surface area (Å²) in [4.78, 5) is 0. The van der Waals surface area contributed by atoms with E-state index in [1.165, 1.54) is 61.2 Å². The summed E-state index contributed by atoms with van der Waals surface area (Å²) in [5, 5.41) is 0. The van der Waals surface area contributed by atoms with Gasteiger partial charge in [-0.05, 0) is 62.6 Å². The Hall–Kier alpha value is -3.38. The number of hydrogen-bond acceptors (Lipinski definition) is 0. The van der Waals surface area contributed by atoms with Gasteiger partial charge in [0.05, 0.1) is 0 Å². The van der Waals surface area contributed by atoms with E-state index < -0.39 is 0 Å². The standard InChI is InChI=1S/C27H18/c1-17-14-15-21-20-10-4-7-13-24(20)27(25(21)16-17)26-22-11-5-2-8-18(22)19-9-3-6-12-23(19)26/h2-16H,1H3. The minimum absolute atomic E-state index is 1.30. The van der Waals surface area contributed by atoms with Gasteiger partial charge in [-0.3, -0.25) is 0 Å². The Balaban J connectivity index is 1.82. The van der Waals surface area contributed by atoms with Crippen molar-refractivity contribution >= 4 is 11.1 Å². The number of benzene rings is 4. The predicted molar refractivity (Wildman–Crippen MR) is 114 cm³/mol. The fraction of sp³-hybridized carbons (Fsp3) is 0.0370. The summed E-state index contributed by atoms with van der Waals surface area (Å²) in [6, 6.07) is 33.3. The number of fused-ring (bicyclic) bond motifs is 6. The zero-order valence-corrected chi connectivity index (χ0v) is 15.2. The van der Waals surface area contributed by atoms with Crippen LogP contribution < -0.4 is 0 Å². The van der Waals surface area contributed by atoms with E-state index in [0.29, 0.717) is 0 Å². The van der Waals surface area contributed by atoms with Crippen molar-refractivity contribution in [3.05, 3.63) is 119 Å². The molecule has 0 fully saturated rings. The molecule has 0 bridgehead atoms. The maximum absolute atomic E-state index is 2.35. The van der Waals surface area contributed by atoms with Crippen molar-refractivity contribution in [2.75, 3.05) is 0 Å². The van der Waals surface area contributed by atoms with Crippen LogP contribution in [0.25, 0.3) is 33.4 Å². The summed E-state index contributed by atoms with van der Waals surface area (Å²) < 4.78 is 0. The van der Waals surface area contributed by atoms with Crippen LogP contribution in [0.15, 0.2) is 91.0 Å². The second kappa shape index (κ2) is 5.31. The molecule has 27 heavy (non-hydrogen) atoms. The third kappa shape index (κ3) is 1.93. The highest BCUT2D eigenvalue weighted by Gasteiger charge is 2.31. The summed E-state index contributed by atoms with van der Waals surface area (Å²) in [6.45, 7) is 2.18. The van der Waals surface area contributed by atoms with Gasteiger partial charge in [0.1, 0.15) is 0 Å². The molecule has 0 radical (unpaired) electrons. The Morgan fingerprint density at radius 3 is 1.22 bits per heavy atom. The molecular formula is C27H18. The van der Waals surface area contributed by atoms with E-state index in [0.717, 1.165) is 0 Å². The molecule has 4 aromatic rings. The molecule has 2 aliphatic rings. The van der Waals surface area contributed by atoms with Gasteiger partial charge in [0.15, 0.2) is 0 Å². The number of aryl methyl sites for hydroxylation is 1. The van der Waals surface area contributed by atoms with Gasteiger partial charge >= 0.3 is 0 Å². The molecule has 0 aliphatic heterocycles. The molecule has 0 saturated carbocycles. The van der Waals surface area contributed by atoms with Crippen LogP contribution in [0.4, 0.5) is 0 Å². The Labute approximate surface area is 159 Å². The summed E-state index contributed by atoms with van der Waals surface area (Å²) in [5.41, 5.74) is 14.8. The van der Waals surface area contributed by atoms with Crippen molar-refractivity contribution in [1.29, 1.82) is 0 Å². The second-order valence-corrected chi connectivity index (χ2v) is 7.44. The molecule has 0 heteroatoms. The van der Waals surface area contributed by atoms with Crippen LogP contribution in [0, 0.1) is 6.92 Å². The van der Waals surface area contributed by atoms with Crippen LogP contribution in [0.5, 0.6) is 0 Å². The van der Waals surface area contributed by atoms with Crippen LogP contribution in [0.2, 0.25) is 0 Å². The Kier molecular flexibility index (Phi) is 2.90. The first-order valence-electron chi connectivity index (χ1n) is 9.47. The lowest BCUT2D eigenvalue weighted by molar-refractivity contribution is 1.46. The molecular weight excluding hydrogens is 324 g/mol. The van der Waals surface area contributed by atoms with Crippen molar-refractivity contribution in [2.24, 2.45) is 0 Å². The van der Waals surface area contributed by atoms with Crippen LogP contribution >= 0.6 is 0 Å². The summed E-state index contributed by atoms with van der Waals surface area (Å²) in [5.74, 6) is 0. The van der Waals surface area contributed by atoms with Gasteiger partial charge < -0.3 is 0 Å². The first-order valence-corrected chi connectivity index (χ1v) is 9.47. The summed E-state index contributed by atoms with van der Waals surface area (Å²) >= 11 is 0.